The third-order valence-electron chi connectivity index (χ3n) is 7.35. The third-order valence-corrected chi connectivity index (χ3v) is 11.3. The number of piperidine rings is 1. The molecular formula is C31H28F6N6O7S4. The summed E-state index contributed by atoms with van der Waals surface area (Å²) in [4.78, 5) is 33.9. The highest BCUT2D eigenvalue weighted by molar-refractivity contribution is 7.99. The summed E-state index contributed by atoms with van der Waals surface area (Å²) < 4.78 is 95.7. The summed E-state index contributed by atoms with van der Waals surface area (Å²) in [5, 5.41) is 27.7. The topological polar surface area (TPSA) is 198 Å². The second-order valence-corrected chi connectivity index (χ2v) is 15.7. The predicted molar refractivity (Wildman–Crippen MR) is 189 cm³/mol. The number of benzene rings is 1. The minimum Gasteiger partial charge on any atom is -0.475 e. The van der Waals surface area contributed by atoms with Gasteiger partial charge in [-0.15, -0.1) is 22.7 Å². The van der Waals surface area contributed by atoms with E-state index in [0.29, 0.717) is 48.4 Å². The Bertz CT molecular complexity index is 2150. The molecule has 0 spiro atoms. The Morgan fingerprint density at radius 1 is 0.981 bits per heavy atom. The number of hydrogen-bond donors (Lipinski definition) is 4. The summed E-state index contributed by atoms with van der Waals surface area (Å²) in [6.45, 7) is 2.87. The van der Waals surface area contributed by atoms with Crippen LogP contribution in [0.5, 0.6) is 11.5 Å². The van der Waals surface area contributed by atoms with Gasteiger partial charge in [-0.3, -0.25) is 4.98 Å². The molecule has 1 saturated heterocycles. The lowest BCUT2D eigenvalue weighted by Gasteiger charge is -2.36. The van der Waals surface area contributed by atoms with Crippen LogP contribution < -0.4 is 15.2 Å². The van der Waals surface area contributed by atoms with Crippen molar-refractivity contribution in [2.45, 2.75) is 47.3 Å². The van der Waals surface area contributed by atoms with Gasteiger partial charge in [0.2, 0.25) is 0 Å². The van der Waals surface area contributed by atoms with Crippen molar-refractivity contribution in [2.75, 3.05) is 18.4 Å². The van der Waals surface area contributed by atoms with Gasteiger partial charge in [0.05, 0.1) is 15.9 Å². The maximum atomic E-state index is 11.7. The van der Waals surface area contributed by atoms with Crippen LogP contribution in [0, 0.1) is 0 Å². The number of anilines is 2. The minimum atomic E-state index is -5.08. The van der Waals surface area contributed by atoms with Gasteiger partial charge in [0, 0.05) is 52.1 Å². The molecule has 4 aromatic heterocycles. The van der Waals surface area contributed by atoms with Crippen LogP contribution in [0.1, 0.15) is 25.5 Å². The van der Waals surface area contributed by atoms with Gasteiger partial charge in [-0.1, -0.05) is 36.9 Å². The van der Waals surface area contributed by atoms with Crippen LogP contribution >= 0.6 is 34.4 Å². The lowest BCUT2D eigenvalue weighted by atomic mass is 9.79. The number of thiophene rings is 1. The molecule has 0 atom stereocenters. The van der Waals surface area contributed by atoms with E-state index < -0.39 is 34.5 Å². The monoisotopic (exact) mass is 838 g/mol. The minimum absolute atomic E-state index is 0.243. The van der Waals surface area contributed by atoms with Gasteiger partial charge in [-0.2, -0.15) is 39.1 Å². The molecule has 0 saturated carbocycles. The number of aromatic nitrogens is 3. The summed E-state index contributed by atoms with van der Waals surface area (Å²) in [6.07, 6.45) is -5.23. The smallest absolute Gasteiger partial charge is 0.475 e. The molecule has 5 aromatic rings. The first-order valence-electron chi connectivity index (χ1n) is 15.0. The average Bonchev–Trinajstić information content (AvgIpc) is 3.77. The third kappa shape index (κ3) is 11.7. The van der Waals surface area contributed by atoms with Crippen LogP contribution in [0.4, 0.5) is 37.3 Å². The van der Waals surface area contributed by atoms with E-state index in [1.54, 1.807) is 23.1 Å². The van der Waals surface area contributed by atoms with Crippen molar-refractivity contribution in [3.05, 3.63) is 77.4 Å². The van der Waals surface area contributed by atoms with Gasteiger partial charge in [0.1, 0.15) is 5.75 Å². The number of ether oxygens (including phenoxy) is 1. The van der Waals surface area contributed by atoms with E-state index in [1.807, 2.05) is 71.7 Å². The molecule has 1 aliphatic rings. The zero-order valence-electron chi connectivity index (χ0n) is 27.5. The number of carboxylic acid groups (broad SMARTS) is 2. The number of nitrogens with two attached hydrogens (primary N) is 1. The number of thiazole rings is 1. The highest BCUT2D eigenvalue weighted by Gasteiger charge is 2.39. The Balaban J connectivity index is 0.000000396. The van der Waals surface area contributed by atoms with Gasteiger partial charge in [0.25, 0.3) is 10.2 Å². The summed E-state index contributed by atoms with van der Waals surface area (Å²) in [5.41, 5.74) is 1.65. The van der Waals surface area contributed by atoms with Crippen LogP contribution in [0.25, 0.3) is 10.2 Å². The van der Waals surface area contributed by atoms with Crippen molar-refractivity contribution in [3.8, 4) is 11.5 Å². The number of aliphatic carboxylic acids is 2. The first kappa shape index (κ1) is 42.2. The number of halogens is 6. The first-order chi connectivity index (χ1) is 25.2. The predicted octanol–water partition coefficient (Wildman–Crippen LogP) is 7.66. The van der Waals surface area contributed by atoms with Crippen LogP contribution in [-0.4, -0.2) is 75.3 Å². The fourth-order valence-electron chi connectivity index (χ4n) is 4.53. The van der Waals surface area contributed by atoms with Crippen LogP contribution in [0.15, 0.2) is 81.5 Å². The fraction of sp³-hybridized carbons (Fsp3) is 0.258. The highest BCUT2D eigenvalue weighted by atomic mass is 32.2. The van der Waals surface area contributed by atoms with E-state index in [4.69, 9.17) is 39.6 Å². The molecule has 290 valence electrons. The van der Waals surface area contributed by atoms with Crippen LogP contribution in [0.3, 0.4) is 0 Å². The Hall–Kier alpha value is -4.55. The van der Waals surface area contributed by atoms with E-state index in [9.17, 15) is 34.8 Å². The number of fused-ring (bicyclic) bond motifs is 1. The molecule has 1 fully saturated rings. The number of nitrogens with one attached hydrogen (secondary N) is 1. The molecule has 1 aliphatic heterocycles. The number of carbonyl (C=O) groups is 2. The van der Waals surface area contributed by atoms with E-state index in [1.165, 1.54) is 15.6 Å². The molecule has 0 bridgehead atoms. The molecule has 54 heavy (non-hydrogen) atoms. The van der Waals surface area contributed by atoms with Gasteiger partial charge in [-0.05, 0) is 42.5 Å². The largest absolute Gasteiger partial charge is 0.490 e. The second kappa shape index (κ2) is 17.3. The molecule has 23 heteroatoms. The standard InChI is InChI=1S/C27H26N6O3S4.2C2HF3O2/c1-27(9-12-33(13-10-27)40(28,34)35)23-17-38-26(31-23)32-25-21(36-18-5-3-2-4-6-18)15-19(16-30-25)39-22-7-11-29-20-8-14-37-24(20)22;2*3-2(4,5)1(6)7/h2-8,11,14-17H,9-10,12-13H2,1H3,(H2,28,34,35)(H,30,31,32);2*(H,6,7). The number of alkyl halides is 6. The number of nitrogens with zero attached hydrogens (tertiary/aromatic N) is 4. The first-order valence-corrected chi connectivity index (χ1v) is 19.1. The number of pyridine rings is 2. The van der Waals surface area contributed by atoms with E-state index in [-0.39, 0.29) is 5.41 Å². The lowest BCUT2D eigenvalue weighted by Crippen LogP contribution is -2.46. The second-order valence-electron chi connectivity index (χ2n) is 11.3. The van der Waals surface area contributed by atoms with E-state index in [0.717, 1.165) is 25.7 Å². The van der Waals surface area contributed by atoms with E-state index in [2.05, 4.69) is 17.2 Å². The quantitative estimate of drug-likeness (QED) is 0.112. The fourth-order valence-corrected chi connectivity index (χ4v) is 7.96. The van der Waals surface area contributed by atoms with Gasteiger partial charge in [-0.25, -0.2) is 24.7 Å². The zero-order valence-corrected chi connectivity index (χ0v) is 30.7. The van der Waals surface area contributed by atoms with E-state index >= 15 is 0 Å². The number of rotatable bonds is 8. The maximum absolute atomic E-state index is 11.7. The lowest BCUT2D eigenvalue weighted by molar-refractivity contribution is -0.193. The van der Waals surface area contributed by atoms with Crippen molar-refractivity contribution in [1.29, 1.82) is 0 Å². The molecule has 13 nitrogen and oxygen atoms in total. The van der Waals surface area contributed by atoms with Crippen LogP contribution in [-0.2, 0) is 25.2 Å². The summed E-state index contributed by atoms with van der Waals surface area (Å²) in [7, 11) is -3.68. The van der Waals surface area contributed by atoms with Crippen molar-refractivity contribution in [2.24, 2.45) is 5.14 Å². The normalized spacial score (nSPS) is 14.6. The summed E-state index contributed by atoms with van der Waals surface area (Å²) >= 11 is 4.77. The Labute approximate surface area is 315 Å². The Morgan fingerprint density at radius 3 is 2.17 bits per heavy atom. The molecule has 6 rings (SSSR count). The highest BCUT2D eigenvalue weighted by Crippen LogP contribution is 2.41. The summed E-state index contributed by atoms with van der Waals surface area (Å²) in [6, 6.07) is 15.6. The van der Waals surface area contributed by atoms with Crippen LogP contribution in [0.2, 0.25) is 0 Å². The molecule has 1 aromatic carbocycles. The molecule has 0 unspecified atom stereocenters. The number of para-hydroxylation sites is 1. The molecule has 0 amide bonds. The molecule has 0 radical (unpaired) electrons. The van der Waals surface area contributed by atoms with Crippen molar-refractivity contribution in [1.82, 2.24) is 19.3 Å². The van der Waals surface area contributed by atoms with Crippen molar-refractivity contribution in [3.63, 3.8) is 0 Å². The van der Waals surface area contributed by atoms with Crippen molar-refractivity contribution >= 4 is 77.7 Å². The SMILES string of the molecule is CC1(c2csc(Nc3ncc(Sc4ccnc5ccsc45)cc3Oc3ccccc3)n2)CCN(S(N)(=O)=O)CC1.O=C(O)C(F)(F)F.O=C(O)C(F)(F)F. The average molecular weight is 839 g/mol. The molecule has 0 aliphatic carbocycles. The molecular weight excluding hydrogens is 811 g/mol. The maximum Gasteiger partial charge on any atom is 0.490 e. The van der Waals surface area contributed by atoms with Crippen molar-refractivity contribution < 1.29 is 59.3 Å². The van der Waals surface area contributed by atoms with Gasteiger partial charge >= 0.3 is 24.3 Å². The summed E-state index contributed by atoms with van der Waals surface area (Å²) in [5.74, 6) is -3.68. The molecule has 5 N–H and O–H groups in total. The van der Waals surface area contributed by atoms with Gasteiger partial charge < -0.3 is 20.3 Å². The Morgan fingerprint density at radius 2 is 1.59 bits per heavy atom. The molecule has 5 heterocycles. The number of hydrogen-bond acceptors (Lipinski definition) is 12. The number of carboxylic acids is 2. The Kier molecular flexibility index (Phi) is 13.5. The zero-order chi connectivity index (χ0) is 39.9. The van der Waals surface area contributed by atoms with Gasteiger partial charge in [0.15, 0.2) is 16.7 Å².